The van der Waals surface area contributed by atoms with Crippen LogP contribution >= 0.6 is 0 Å². The lowest BCUT2D eigenvalue weighted by Crippen LogP contribution is -2.49. The van der Waals surface area contributed by atoms with E-state index in [1.54, 1.807) is 6.92 Å². The van der Waals surface area contributed by atoms with Crippen LogP contribution in [-0.2, 0) is 9.53 Å². The van der Waals surface area contributed by atoms with E-state index in [0.29, 0.717) is 19.0 Å². The second-order valence-electron chi connectivity index (χ2n) is 5.67. The van der Waals surface area contributed by atoms with Crippen molar-refractivity contribution in [3.63, 3.8) is 0 Å². The van der Waals surface area contributed by atoms with Crippen molar-refractivity contribution in [3.8, 4) is 0 Å². The van der Waals surface area contributed by atoms with Crippen molar-refractivity contribution in [2.75, 3.05) is 26.3 Å². The molecule has 0 radical (unpaired) electrons. The Bertz CT molecular complexity index is 290. The lowest BCUT2D eigenvalue weighted by molar-refractivity contribution is -0.127. The summed E-state index contributed by atoms with van der Waals surface area (Å²) in [6.07, 6.45) is 4.41. The molecule has 2 rings (SSSR count). The summed E-state index contributed by atoms with van der Waals surface area (Å²) >= 11 is 0. The number of likely N-dealkylation sites (tertiary alicyclic amines) is 1. The van der Waals surface area contributed by atoms with Gasteiger partial charge in [-0.25, -0.2) is 0 Å². The Balaban J connectivity index is 1.81. The zero-order chi connectivity index (χ0) is 13.7. The van der Waals surface area contributed by atoms with Crippen LogP contribution in [0.1, 0.15) is 39.0 Å². The number of carbonyl (C=O) groups is 1. The molecule has 0 aromatic rings. The second kappa shape index (κ2) is 7.22. The average molecular weight is 270 g/mol. The zero-order valence-electron chi connectivity index (χ0n) is 11.8. The molecular weight excluding hydrogens is 244 g/mol. The van der Waals surface area contributed by atoms with Gasteiger partial charge in [-0.2, -0.15) is 0 Å². The minimum Gasteiger partial charge on any atom is -0.393 e. The molecule has 1 amide bonds. The van der Waals surface area contributed by atoms with E-state index in [1.807, 2.05) is 0 Å². The van der Waals surface area contributed by atoms with Crippen LogP contribution in [0.3, 0.4) is 0 Å². The SMILES string of the molecule is CC(O)CCNC(=O)C1CCCN1C1CCOCC1. The van der Waals surface area contributed by atoms with Crippen LogP contribution in [0.4, 0.5) is 0 Å². The zero-order valence-corrected chi connectivity index (χ0v) is 11.8. The number of aliphatic hydroxyl groups excluding tert-OH is 1. The molecule has 2 heterocycles. The molecular formula is C14H26N2O3. The number of hydrogen-bond donors (Lipinski definition) is 2. The summed E-state index contributed by atoms with van der Waals surface area (Å²) in [6.45, 7) is 4.97. The summed E-state index contributed by atoms with van der Waals surface area (Å²) in [5.41, 5.74) is 0. The predicted molar refractivity (Wildman–Crippen MR) is 72.9 cm³/mol. The van der Waals surface area contributed by atoms with Gasteiger partial charge in [-0.15, -0.1) is 0 Å². The van der Waals surface area contributed by atoms with Gasteiger partial charge in [0, 0.05) is 25.8 Å². The molecule has 19 heavy (non-hydrogen) atoms. The molecule has 0 aromatic heterocycles. The van der Waals surface area contributed by atoms with Gasteiger partial charge in [0.15, 0.2) is 0 Å². The van der Waals surface area contributed by atoms with Crippen LogP contribution in [-0.4, -0.2) is 60.4 Å². The number of amides is 1. The molecule has 2 N–H and O–H groups in total. The molecule has 2 unspecified atom stereocenters. The normalized spacial score (nSPS) is 27.4. The van der Waals surface area contributed by atoms with Crippen LogP contribution in [0, 0.1) is 0 Å². The Morgan fingerprint density at radius 3 is 2.84 bits per heavy atom. The van der Waals surface area contributed by atoms with Crippen LogP contribution < -0.4 is 5.32 Å². The van der Waals surface area contributed by atoms with Gasteiger partial charge in [0.1, 0.15) is 0 Å². The minimum absolute atomic E-state index is 0.0251. The molecule has 0 aromatic carbocycles. The van der Waals surface area contributed by atoms with E-state index in [9.17, 15) is 9.90 Å². The molecule has 0 saturated carbocycles. The predicted octanol–water partition coefficient (Wildman–Crippen LogP) is 0.517. The summed E-state index contributed by atoms with van der Waals surface area (Å²) in [6, 6.07) is 0.529. The Morgan fingerprint density at radius 1 is 1.42 bits per heavy atom. The van der Waals surface area contributed by atoms with E-state index in [1.165, 1.54) is 0 Å². The maximum Gasteiger partial charge on any atom is 0.237 e. The first-order valence-corrected chi connectivity index (χ1v) is 7.47. The standard InChI is InChI=1S/C14H26N2O3/c1-11(17)4-7-15-14(18)13-3-2-8-16(13)12-5-9-19-10-6-12/h11-13,17H,2-10H2,1H3,(H,15,18). The lowest BCUT2D eigenvalue weighted by Gasteiger charge is -2.34. The molecule has 5 heteroatoms. The fourth-order valence-electron chi connectivity index (χ4n) is 3.05. The van der Waals surface area contributed by atoms with Crippen LogP contribution in [0.2, 0.25) is 0 Å². The molecule has 0 aliphatic carbocycles. The van der Waals surface area contributed by atoms with E-state index in [0.717, 1.165) is 45.4 Å². The van der Waals surface area contributed by atoms with Crippen LogP contribution in [0.15, 0.2) is 0 Å². The van der Waals surface area contributed by atoms with Crippen molar-refractivity contribution in [1.82, 2.24) is 10.2 Å². The monoisotopic (exact) mass is 270 g/mol. The second-order valence-corrected chi connectivity index (χ2v) is 5.67. The first-order valence-electron chi connectivity index (χ1n) is 7.47. The van der Waals surface area contributed by atoms with Gasteiger partial charge in [0.05, 0.1) is 12.1 Å². The maximum absolute atomic E-state index is 12.2. The van der Waals surface area contributed by atoms with Gasteiger partial charge in [-0.1, -0.05) is 0 Å². The van der Waals surface area contributed by atoms with E-state index in [4.69, 9.17) is 4.74 Å². The summed E-state index contributed by atoms with van der Waals surface area (Å²) < 4.78 is 5.39. The molecule has 0 spiro atoms. The van der Waals surface area contributed by atoms with E-state index in [-0.39, 0.29) is 18.1 Å². The average Bonchev–Trinajstić information content (AvgIpc) is 2.88. The third kappa shape index (κ3) is 4.16. The third-order valence-corrected chi connectivity index (χ3v) is 4.12. The quantitative estimate of drug-likeness (QED) is 0.764. The highest BCUT2D eigenvalue weighted by Gasteiger charge is 2.35. The molecule has 2 aliphatic heterocycles. The molecule has 2 aliphatic rings. The molecule has 2 atom stereocenters. The van der Waals surface area contributed by atoms with Gasteiger partial charge in [0.25, 0.3) is 0 Å². The maximum atomic E-state index is 12.2. The molecule has 0 bridgehead atoms. The number of rotatable bonds is 5. The first-order chi connectivity index (χ1) is 9.18. The highest BCUT2D eigenvalue weighted by Crippen LogP contribution is 2.25. The van der Waals surface area contributed by atoms with Crippen molar-refractivity contribution < 1.29 is 14.6 Å². The number of ether oxygens (including phenoxy) is 1. The summed E-state index contributed by atoms with van der Waals surface area (Å²) in [5, 5.41) is 12.2. The Kier molecular flexibility index (Phi) is 5.60. The van der Waals surface area contributed by atoms with Crippen molar-refractivity contribution in [3.05, 3.63) is 0 Å². The Labute approximate surface area is 115 Å². The topological polar surface area (TPSA) is 61.8 Å². The fraction of sp³-hybridized carbons (Fsp3) is 0.929. The number of aliphatic hydroxyl groups is 1. The molecule has 110 valence electrons. The largest absolute Gasteiger partial charge is 0.393 e. The van der Waals surface area contributed by atoms with Crippen LogP contribution in [0.5, 0.6) is 0 Å². The van der Waals surface area contributed by atoms with Crippen molar-refractivity contribution >= 4 is 5.91 Å². The molecule has 2 saturated heterocycles. The van der Waals surface area contributed by atoms with Crippen molar-refractivity contribution in [2.45, 2.75) is 57.2 Å². The number of carbonyl (C=O) groups excluding carboxylic acids is 1. The van der Waals surface area contributed by atoms with Gasteiger partial charge in [0.2, 0.25) is 5.91 Å². The van der Waals surface area contributed by atoms with E-state index >= 15 is 0 Å². The Morgan fingerprint density at radius 2 is 2.16 bits per heavy atom. The van der Waals surface area contributed by atoms with Crippen LogP contribution in [0.25, 0.3) is 0 Å². The highest BCUT2D eigenvalue weighted by atomic mass is 16.5. The molecule has 2 fully saturated rings. The number of nitrogens with one attached hydrogen (secondary N) is 1. The summed E-state index contributed by atoms with van der Waals surface area (Å²) in [4.78, 5) is 14.6. The van der Waals surface area contributed by atoms with E-state index in [2.05, 4.69) is 10.2 Å². The first kappa shape index (κ1) is 14.8. The smallest absolute Gasteiger partial charge is 0.237 e. The van der Waals surface area contributed by atoms with Gasteiger partial charge in [-0.05, 0) is 45.6 Å². The number of nitrogens with zero attached hydrogens (tertiary/aromatic N) is 1. The third-order valence-electron chi connectivity index (χ3n) is 4.12. The summed E-state index contributed by atoms with van der Waals surface area (Å²) in [5.74, 6) is 0.129. The molecule has 5 nitrogen and oxygen atoms in total. The van der Waals surface area contributed by atoms with Gasteiger partial charge in [-0.3, -0.25) is 9.69 Å². The minimum atomic E-state index is -0.351. The van der Waals surface area contributed by atoms with Gasteiger partial charge >= 0.3 is 0 Å². The van der Waals surface area contributed by atoms with Crippen molar-refractivity contribution in [1.29, 1.82) is 0 Å². The fourth-order valence-corrected chi connectivity index (χ4v) is 3.05. The Hall–Kier alpha value is -0.650. The highest BCUT2D eigenvalue weighted by molar-refractivity contribution is 5.82. The summed E-state index contributed by atoms with van der Waals surface area (Å²) in [7, 11) is 0. The number of hydrogen-bond acceptors (Lipinski definition) is 4. The lowest BCUT2D eigenvalue weighted by atomic mass is 10.1. The van der Waals surface area contributed by atoms with E-state index < -0.39 is 0 Å². The van der Waals surface area contributed by atoms with Gasteiger partial charge < -0.3 is 15.2 Å². The van der Waals surface area contributed by atoms with Crippen molar-refractivity contribution in [2.24, 2.45) is 0 Å².